The standard InChI is InChI=1S/C19H18FNO3/c1-19(2,3)24-18(23)21-10-13-5-4-12(8-14(13)11-21)16-7-6-15(20)9-17(16)22/h4-11,22H,1-3H3. The number of hydrogen-bond acceptors (Lipinski definition) is 3. The second-order valence-corrected chi connectivity index (χ2v) is 6.65. The summed E-state index contributed by atoms with van der Waals surface area (Å²) >= 11 is 0. The lowest BCUT2D eigenvalue weighted by molar-refractivity contribution is 0.0538. The zero-order chi connectivity index (χ0) is 17.5. The molecule has 0 bridgehead atoms. The molecule has 0 amide bonds. The third-order valence-electron chi connectivity index (χ3n) is 3.52. The zero-order valence-electron chi connectivity index (χ0n) is 13.7. The number of hydrogen-bond donors (Lipinski definition) is 1. The first kappa shape index (κ1) is 16.1. The third-order valence-corrected chi connectivity index (χ3v) is 3.52. The molecule has 2 aromatic carbocycles. The highest BCUT2D eigenvalue weighted by molar-refractivity contribution is 5.91. The van der Waals surface area contributed by atoms with Gasteiger partial charge < -0.3 is 9.84 Å². The van der Waals surface area contributed by atoms with E-state index in [0.717, 1.165) is 22.4 Å². The molecule has 3 rings (SSSR count). The molecule has 1 aromatic heterocycles. The summed E-state index contributed by atoms with van der Waals surface area (Å²) in [6, 6.07) is 9.39. The fourth-order valence-electron chi connectivity index (χ4n) is 2.48. The Balaban J connectivity index is 1.99. The Morgan fingerprint density at radius 1 is 1.08 bits per heavy atom. The van der Waals surface area contributed by atoms with Gasteiger partial charge in [0, 0.05) is 34.8 Å². The van der Waals surface area contributed by atoms with Crippen molar-refractivity contribution in [2.24, 2.45) is 0 Å². The van der Waals surface area contributed by atoms with Crippen LogP contribution in [0.3, 0.4) is 0 Å². The number of aromatic nitrogens is 1. The topological polar surface area (TPSA) is 51.5 Å². The summed E-state index contributed by atoms with van der Waals surface area (Å²) in [7, 11) is 0. The smallest absolute Gasteiger partial charge is 0.418 e. The Labute approximate surface area is 139 Å². The Morgan fingerprint density at radius 2 is 1.79 bits per heavy atom. The SMILES string of the molecule is CC(C)(C)OC(=O)n1cc2ccc(-c3ccc(F)cc3O)cc2c1. The summed E-state index contributed by atoms with van der Waals surface area (Å²) in [5.41, 5.74) is 0.698. The number of phenolic OH excluding ortho intramolecular Hbond substituents is 1. The van der Waals surface area contributed by atoms with Crippen LogP contribution in [0.15, 0.2) is 48.8 Å². The van der Waals surface area contributed by atoms with E-state index in [1.165, 1.54) is 16.7 Å². The molecule has 3 aromatic rings. The molecule has 5 heteroatoms. The van der Waals surface area contributed by atoms with E-state index in [-0.39, 0.29) is 5.75 Å². The minimum Gasteiger partial charge on any atom is -0.507 e. The van der Waals surface area contributed by atoms with E-state index in [9.17, 15) is 14.3 Å². The average molecular weight is 327 g/mol. The maximum Gasteiger partial charge on any atom is 0.418 e. The first-order chi connectivity index (χ1) is 11.2. The number of nitrogens with zero attached hydrogens (tertiary/aromatic N) is 1. The maximum atomic E-state index is 13.1. The van der Waals surface area contributed by atoms with Crippen LogP contribution >= 0.6 is 0 Å². The summed E-state index contributed by atoms with van der Waals surface area (Å²) in [5.74, 6) is -0.616. The minimum atomic E-state index is -0.571. The van der Waals surface area contributed by atoms with E-state index >= 15 is 0 Å². The van der Waals surface area contributed by atoms with Crippen LogP contribution in [0.25, 0.3) is 21.9 Å². The molecule has 1 heterocycles. The van der Waals surface area contributed by atoms with Gasteiger partial charge in [0.15, 0.2) is 0 Å². The predicted molar refractivity (Wildman–Crippen MR) is 90.6 cm³/mol. The molecule has 0 unspecified atom stereocenters. The Morgan fingerprint density at radius 3 is 2.46 bits per heavy atom. The van der Waals surface area contributed by atoms with Gasteiger partial charge in [-0.1, -0.05) is 12.1 Å². The summed E-state index contributed by atoms with van der Waals surface area (Å²) in [6.07, 6.45) is 2.91. The van der Waals surface area contributed by atoms with E-state index in [4.69, 9.17) is 4.74 Å². The van der Waals surface area contributed by atoms with Crippen molar-refractivity contribution >= 4 is 16.9 Å². The monoisotopic (exact) mass is 327 g/mol. The molecule has 0 aliphatic rings. The summed E-state index contributed by atoms with van der Waals surface area (Å²) < 4.78 is 19.9. The molecular formula is C19H18FNO3. The molecule has 0 saturated heterocycles. The van der Waals surface area contributed by atoms with Crippen LogP contribution in [0.1, 0.15) is 20.8 Å². The second kappa shape index (κ2) is 5.67. The van der Waals surface area contributed by atoms with Gasteiger partial charge in [0.1, 0.15) is 17.2 Å². The van der Waals surface area contributed by atoms with E-state index in [1.54, 1.807) is 12.4 Å². The minimum absolute atomic E-state index is 0.124. The zero-order valence-corrected chi connectivity index (χ0v) is 13.7. The normalized spacial score (nSPS) is 11.7. The lowest BCUT2D eigenvalue weighted by Crippen LogP contribution is -2.26. The molecule has 4 nitrogen and oxygen atoms in total. The van der Waals surface area contributed by atoms with E-state index in [1.807, 2.05) is 39.0 Å². The van der Waals surface area contributed by atoms with Crippen molar-refractivity contribution in [1.82, 2.24) is 4.57 Å². The van der Waals surface area contributed by atoms with Crippen molar-refractivity contribution < 1.29 is 19.0 Å². The lowest BCUT2D eigenvalue weighted by atomic mass is 10.0. The number of phenols is 1. The Bertz CT molecular complexity index is 922. The molecule has 1 N–H and O–H groups in total. The van der Waals surface area contributed by atoms with Crippen molar-refractivity contribution in [1.29, 1.82) is 0 Å². The van der Waals surface area contributed by atoms with Gasteiger partial charge in [0.25, 0.3) is 0 Å². The van der Waals surface area contributed by atoms with Gasteiger partial charge in [-0.3, -0.25) is 4.57 Å². The van der Waals surface area contributed by atoms with Gasteiger partial charge in [-0.15, -0.1) is 0 Å². The number of halogens is 1. The Kier molecular flexibility index (Phi) is 3.79. The van der Waals surface area contributed by atoms with Gasteiger partial charge in [-0.25, -0.2) is 9.18 Å². The van der Waals surface area contributed by atoms with Crippen molar-refractivity contribution in [3.8, 4) is 16.9 Å². The molecule has 0 aliphatic carbocycles. The number of carbonyl (C=O) groups excluding carboxylic acids is 1. The van der Waals surface area contributed by atoms with Crippen molar-refractivity contribution in [3.63, 3.8) is 0 Å². The molecule has 0 fully saturated rings. The fourth-order valence-corrected chi connectivity index (χ4v) is 2.48. The number of carbonyl (C=O) groups is 1. The molecule has 0 atom stereocenters. The molecule has 124 valence electrons. The summed E-state index contributed by atoms with van der Waals surface area (Å²) in [4.78, 5) is 12.1. The summed E-state index contributed by atoms with van der Waals surface area (Å²) in [5, 5.41) is 11.6. The average Bonchev–Trinajstić information content (AvgIpc) is 2.88. The van der Waals surface area contributed by atoms with Gasteiger partial charge in [0.05, 0.1) is 0 Å². The van der Waals surface area contributed by atoms with Gasteiger partial charge in [-0.05, 0) is 44.5 Å². The molecule has 0 aliphatic heterocycles. The van der Waals surface area contributed by atoms with Crippen molar-refractivity contribution in [2.75, 3.05) is 0 Å². The van der Waals surface area contributed by atoms with E-state index in [2.05, 4.69) is 0 Å². The highest BCUT2D eigenvalue weighted by atomic mass is 19.1. The third kappa shape index (κ3) is 3.25. The fraction of sp³-hybridized carbons (Fsp3) is 0.211. The van der Waals surface area contributed by atoms with Crippen LogP contribution in [-0.4, -0.2) is 21.4 Å². The first-order valence-corrected chi connectivity index (χ1v) is 7.57. The number of rotatable bonds is 1. The highest BCUT2D eigenvalue weighted by Crippen LogP contribution is 2.32. The van der Waals surface area contributed by atoms with Gasteiger partial charge >= 0.3 is 6.09 Å². The second-order valence-electron chi connectivity index (χ2n) is 6.65. The largest absolute Gasteiger partial charge is 0.507 e. The van der Waals surface area contributed by atoms with Crippen molar-refractivity contribution in [3.05, 3.63) is 54.6 Å². The van der Waals surface area contributed by atoms with E-state index in [0.29, 0.717) is 5.56 Å². The number of aromatic hydroxyl groups is 1. The predicted octanol–water partition coefficient (Wildman–Crippen LogP) is 4.94. The van der Waals surface area contributed by atoms with Crippen LogP contribution < -0.4 is 0 Å². The number of benzene rings is 2. The molecule has 24 heavy (non-hydrogen) atoms. The van der Waals surface area contributed by atoms with Gasteiger partial charge in [-0.2, -0.15) is 0 Å². The maximum absolute atomic E-state index is 13.1. The van der Waals surface area contributed by atoms with Crippen LogP contribution in [0, 0.1) is 5.82 Å². The van der Waals surface area contributed by atoms with E-state index < -0.39 is 17.5 Å². The molecular weight excluding hydrogens is 309 g/mol. The quantitative estimate of drug-likeness (QED) is 0.689. The van der Waals surface area contributed by atoms with Crippen LogP contribution in [0.5, 0.6) is 5.75 Å². The highest BCUT2D eigenvalue weighted by Gasteiger charge is 2.18. The van der Waals surface area contributed by atoms with Crippen molar-refractivity contribution in [2.45, 2.75) is 26.4 Å². The number of ether oxygens (including phenoxy) is 1. The van der Waals surface area contributed by atoms with Gasteiger partial charge in [0.2, 0.25) is 0 Å². The van der Waals surface area contributed by atoms with Crippen LogP contribution in [0.2, 0.25) is 0 Å². The summed E-state index contributed by atoms with van der Waals surface area (Å²) in [6.45, 7) is 5.43. The van der Waals surface area contributed by atoms with Crippen LogP contribution in [0.4, 0.5) is 9.18 Å². The first-order valence-electron chi connectivity index (χ1n) is 7.57. The Hall–Kier alpha value is -2.82. The molecule has 0 radical (unpaired) electrons. The molecule has 0 saturated carbocycles. The lowest BCUT2D eigenvalue weighted by Gasteiger charge is -2.19. The molecule has 0 spiro atoms. The van der Waals surface area contributed by atoms with Crippen LogP contribution in [-0.2, 0) is 4.74 Å². The number of fused-ring (bicyclic) bond motifs is 1.